The number of halogens is 2. The lowest BCUT2D eigenvalue weighted by Crippen LogP contribution is -2.21. The first-order chi connectivity index (χ1) is 6.06. The molecule has 5 N–H and O–H groups in total. The number of nitrogens with two attached hydrogens (primary N) is 2. The Kier molecular flexibility index (Phi) is 4.20. The fourth-order valence-electron chi connectivity index (χ4n) is 0.996. The van der Waals surface area contributed by atoms with E-state index in [1.165, 1.54) is 0 Å². The fourth-order valence-corrected chi connectivity index (χ4v) is 2.89. The Hall–Kier alpha value is 0.400. The van der Waals surface area contributed by atoms with Crippen LogP contribution in [0.3, 0.4) is 0 Å². The summed E-state index contributed by atoms with van der Waals surface area (Å²) in [5.74, 6) is 0.249. The van der Waals surface area contributed by atoms with Gasteiger partial charge in [-0.3, -0.25) is 0 Å². The molecule has 0 aliphatic heterocycles. The lowest BCUT2D eigenvalue weighted by Gasteiger charge is -2.12. The second-order valence-corrected chi connectivity index (χ2v) is 5.08. The largest absolute Gasteiger partial charge is 0.506 e. The fraction of sp³-hybridized carbons (Fsp3) is 0.250. The van der Waals surface area contributed by atoms with Crippen LogP contribution in [0.5, 0.6) is 5.75 Å². The third-order valence-electron chi connectivity index (χ3n) is 1.71. The van der Waals surface area contributed by atoms with Crippen molar-refractivity contribution in [3.8, 4) is 5.75 Å². The lowest BCUT2D eigenvalue weighted by molar-refractivity contribution is 0.458. The van der Waals surface area contributed by atoms with E-state index in [1.54, 1.807) is 0 Å². The molecule has 1 aromatic carbocycles. The summed E-state index contributed by atoms with van der Waals surface area (Å²) in [4.78, 5) is 0. The van der Waals surface area contributed by atoms with Crippen LogP contribution < -0.4 is 11.5 Å². The number of benzene rings is 1. The molecule has 0 heterocycles. The van der Waals surface area contributed by atoms with Gasteiger partial charge in [-0.25, -0.2) is 0 Å². The van der Waals surface area contributed by atoms with Crippen LogP contribution in [0.25, 0.3) is 0 Å². The van der Waals surface area contributed by atoms with E-state index in [4.69, 9.17) is 11.5 Å². The number of phenolic OH excluding ortho intramolecular Hbond substituents is 1. The average molecular weight is 404 g/mol. The molecule has 0 saturated carbocycles. The van der Waals surface area contributed by atoms with Crippen molar-refractivity contribution in [2.24, 2.45) is 11.5 Å². The van der Waals surface area contributed by atoms with E-state index >= 15 is 0 Å². The third kappa shape index (κ3) is 2.67. The van der Waals surface area contributed by atoms with Gasteiger partial charge in [-0.1, -0.05) is 0 Å². The van der Waals surface area contributed by atoms with Crippen molar-refractivity contribution in [2.75, 3.05) is 6.54 Å². The first-order valence-electron chi connectivity index (χ1n) is 3.69. The van der Waals surface area contributed by atoms with Crippen molar-refractivity contribution in [1.29, 1.82) is 0 Å². The van der Waals surface area contributed by atoms with Crippen LogP contribution in [0.2, 0.25) is 0 Å². The van der Waals surface area contributed by atoms with E-state index in [9.17, 15) is 5.11 Å². The highest BCUT2D eigenvalue weighted by Crippen LogP contribution is 2.29. The summed E-state index contributed by atoms with van der Waals surface area (Å²) in [5, 5.41) is 9.68. The molecule has 3 nitrogen and oxygen atoms in total. The van der Waals surface area contributed by atoms with Crippen LogP contribution in [0.15, 0.2) is 12.1 Å². The van der Waals surface area contributed by atoms with Crippen molar-refractivity contribution in [2.45, 2.75) is 6.04 Å². The van der Waals surface area contributed by atoms with Crippen LogP contribution in [-0.2, 0) is 0 Å². The molecular weight excluding hydrogens is 394 g/mol. The van der Waals surface area contributed by atoms with Gasteiger partial charge < -0.3 is 16.6 Å². The zero-order chi connectivity index (χ0) is 10.0. The number of hydrogen-bond acceptors (Lipinski definition) is 3. The molecule has 0 saturated heterocycles. The zero-order valence-electron chi connectivity index (χ0n) is 6.80. The second-order valence-electron chi connectivity index (χ2n) is 2.67. The molecule has 0 aliphatic carbocycles. The van der Waals surface area contributed by atoms with Crippen molar-refractivity contribution in [3.63, 3.8) is 0 Å². The maximum Gasteiger partial charge on any atom is 0.133 e. The minimum absolute atomic E-state index is 0.249. The van der Waals surface area contributed by atoms with Crippen molar-refractivity contribution >= 4 is 45.2 Å². The molecule has 5 heteroatoms. The van der Waals surface area contributed by atoms with Gasteiger partial charge in [0.2, 0.25) is 0 Å². The first kappa shape index (κ1) is 11.5. The van der Waals surface area contributed by atoms with Gasteiger partial charge in [-0.15, -0.1) is 0 Å². The molecule has 1 atom stereocenters. The van der Waals surface area contributed by atoms with E-state index in [2.05, 4.69) is 45.2 Å². The highest BCUT2D eigenvalue weighted by molar-refractivity contribution is 14.1. The summed E-state index contributed by atoms with van der Waals surface area (Å²) in [7, 11) is 0. The van der Waals surface area contributed by atoms with Crippen molar-refractivity contribution in [3.05, 3.63) is 24.8 Å². The van der Waals surface area contributed by atoms with Gasteiger partial charge in [-0.2, -0.15) is 0 Å². The van der Waals surface area contributed by atoms with Gasteiger partial charge in [0.05, 0.1) is 3.57 Å². The topological polar surface area (TPSA) is 72.3 Å². The molecule has 1 rings (SSSR count). The van der Waals surface area contributed by atoms with E-state index in [0.717, 1.165) is 12.7 Å². The molecule has 0 radical (unpaired) electrons. The maximum absolute atomic E-state index is 9.68. The highest BCUT2D eigenvalue weighted by Gasteiger charge is 2.12. The SMILES string of the molecule is NC[C@@H](N)c1cc(I)cc(I)c1O. The Labute approximate surface area is 104 Å². The summed E-state index contributed by atoms with van der Waals surface area (Å²) in [6, 6.07) is 3.46. The average Bonchev–Trinajstić information content (AvgIpc) is 2.10. The molecule has 1 aromatic rings. The zero-order valence-corrected chi connectivity index (χ0v) is 11.1. The summed E-state index contributed by atoms with van der Waals surface area (Å²) >= 11 is 4.26. The van der Waals surface area contributed by atoms with Crippen LogP contribution >= 0.6 is 45.2 Å². The van der Waals surface area contributed by atoms with Gasteiger partial charge in [-0.05, 0) is 57.3 Å². The smallest absolute Gasteiger partial charge is 0.133 e. The van der Waals surface area contributed by atoms with Gasteiger partial charge >= 0.3 is 0 Å². The summed E-state index contributed by atoms with van der Waals surface area (Å²) < 4.78 is 1.86. The van der Waals surface area contributed by atoms with Crippen molar-refractivity contribution in [1.82, 2.24) is 0 Å². The van der Waals surface area contributed by atoms with Crippen molar-refractivity contribution < 1.29 is 5.11 Å². The molecule has 0 aromatic heterocycles. The molecule has 0 aliphatic rings. The van der Waals surface area contributed by atoms with Crippen LogP contribution in [0.1, 0.15) is 11.6 Å². The predicted octanol–water partition coefficient (Wildman–Crippen LogP) is 1.56. The Bertz CT molecular complexity index is 317. The number of hydrogen-bond donors (Lipinski definition) is 3. The van der Waals surface area contributed by atoms with Gasteiger partial charge in [0.25, 0.3) is 0 Å². The van der Waals surface area contributed by atoms with E-state index in [1.807, 2.05) is 12.1 Å². The number of phenols is 1. The number of rotatable bonds is 2. The third-order valence-corrected chi connectivity index (χ3v) is 3.16. The van der Waals surface area contributed by atoms with Crippen LogP contribution in [0, 0.1) is 7.14 Å². The van der Waals surface area contributed by atoms with Gasteiger partial charge in [0.15, 0.2) is 0 Å². The van der Waals surface area contributed by atoms with E-state index in [0.29, 0.717) is 6.54 Å². The maximum atomic E-state index is 9.68. The minimum atomic E-state index is -0.289. The second kappa shape index (κ2) is 4.76. The highest BCUT2D eigenvalue weighted by atomic mass is 127. The van der Waals surface area contributed by atoms with E-state index < -0.39 is 0 Å². The normalized spacial score (nSPS) is 12.9. The molecular formula is C8H10I2N2O. The molecule has 0 amide bonds. The monoisotopic (exact) mass is 404 g/mol. The molecule has 0 unspecified atom stereocenters. The van der Waals surface area contributed by atoms with Gasteiger partial charge in [0.1, 0.15) is 5.75 Å². The molecule has 0 fully saturated rings. The van der Waals surface area contributed by atoms with Gasteiger partial charge in [0, 0.05) is 21.7 Å². The Morgan fingerprint density at radius 3 is 2.54 bits per heavy atom. The Balaban J connectivity index is 3.20. The lowest BCUT2D eigenvalue weighted by atomic mass is 10.1. The summed E-state index contributed by atoms with van der Waals surface area (Å²) in [6.07, 6.45) is 0. The first-order valence-corrected chi connectivity index (χ1v) is 5.85. The molecule has 13 heavy (non-hydrogen) atoms. The molecule has 0 spiro atoms. The van der Waals surface area contributed by atoms with E-state index in [-0.39, 0.29) is 11.8 Å². The van der Waals surface area contributed by atoms with Crippen LogP contribution in [0.4, 0.5) is 0 Å². The molecule has 0 bridgehead atoms. The number of aromatic hydroxyl groups is 1. The summed E-state index contributed by atoms with van der Waals surface area (Å²) in [6.45, 7) is 0.337. The standard InChI is InChI=1S/C8H10I2N2O/c9-4-1-5(7(12)3-11)8(13)6(10)2-4/h1-2,7,13H,3,11-12H2/t7-/m1/s1. The Morgan fingerprint density at radius 2 is 2.00 bits per heavy atom. The quantitative estimate of drug-likeness (QED) is 0.656. The predicted molar refractivity (Wildman–Crippen MR) is 69.5 cm³/mol. The Morgan fingerprint density at radius 1 is 1.38 bits per heavy atom. The molecule has 72 valence electrons. The van der Waals surface area contributed by atoms with Crippen LogP contribution in [-0.4, -0.2) is 11.7 Å². The summed E-state index contributed by atoms with van der Waals surface area (Å²) in [5.41, 5.74) is 11.9. The minimum Gasteiger partial charge on any atom is -0.506 e.